The molecule has 0 radical (unpaired) electrons. The van der Waals surface area contributed by atoms with Gasteiger partial charge >= 0.3 is 0 Å². The maximum Gasteiger partial charge on any atom is 0.226 e. The Bertz CT molecular complexity index is 333. The van der Waals surface area contributed by atoms with E-state index in [9.17, 15) is 9.90 Å². The average Bonchev–Trinajstić information content (AvgIpc) is 3.00. The van der Waals surface area contributed by atoms with E-state index in [0.717, 1.165) is 38.9 Å². The molecule has 4 heteroatoms. The zero-order valence-electron chi connectivity index (χ0n) is 11.2. The van der Waals surface area contributed by atoms with Gasteiger partial charge in [0.05, 0.1) is 6.10 Å². The summed E-state index contributed by atoms with van der Waals surface area (Å²) in [6, 6.07) is 0. The van der Waals surface area contributed by atoms with Crippen molar-refractivity contribution in [1.29, 1.82) is 0 Å². The molecule has 1 heterocycles. The molecule has 1 aliphatic heterocycles. The van der Waals surface area contributed by atoms with Crippen molar-refractivity contribution in [2.24, 2.45) is 17.3 Å². The lowest BCUT2D eigenvalue weighted by Crippen LogP contribution is -2.41. The fourth-order valence-electron chi connectivity index (χ4n) is 3.77. The molecule has 2 saturated carbocycles. The predicted octanol–water partition coefficient (Wildman–Crippen LogP) is 0.605. The Labute approximate surface area is 109 Å². The molecule has 18 heavy (non-hydrogen) atoms. The molecule has 1 amide bonds. The molecule has 3 rings (SSSR count). The topological polar surface area (TPSA) is 52.6 Å². The summed E-state index contributed by atoms with van der Waals surface area (Å²) >= 11 is 0. The third-order valence-electron chi connectivity index (χ3n) is 5.21. The second-order valence-corrected chi connectivity index (χ2v) is 6.58. The van der Waals surface area contributed by atoms with Gasteiger partial charge in [-0.25, -0.2) is 0 Å². The number of carbonyl (C=O) groups excluding carboxylic acids is 1. The smallest absolute Gasteiger partial charge is 0.226 e. The third-order valence-corrected chi connectivity index (χ3v) is 5.21. The first kappa shape index (κ1) is 12.4. The predicted molar refractivity (Wildman–Crippen MR) is 69.0 cm³/mol. The first-order chi connectivity index (χ1) is 8.61. The van der Waals surface area contributed by atoms with Crippen molar-refractivity contribution in [2.75, 3.05) is 26.7 Å². The number of carbonyl (C=O) groups is 1. The van der Waals surface area contributed by atoms with Crippen molar-refractivity contribution in [3.05, 3.63) is 0 Å². The maximum absolute atomic E-state index is 12.4. The fourth-order valence-corrected chi connectivity index (χ4v) is 3.77. The molecule has 3 aliphatic rings. The van der Waals surface area contributed by atoms with Gasteiger partial charge in [0.15, 0.2) is 0 Å². The van der Waals surface area contributed by atoms with E-state index in [2.05, 4.69) is 5.32 Å². The van der Waals surface area contributed by atoms with Crippen LogP contribution in [0.1, 0.15) is 32.1 Å². The van der Waals surface area contributed by atoms with E-state index in [1.165, 1.54) is 12.8 Å². The molecule has 2 aliphatic carbocycles. The van der Waals surface area contributed by atoms with Crippen LogP contribution in [0, 0.1) is 17.3 Å². The number of rotatable bonds is 3. The fraction of sp³-hybridized carbons (Fsp3) is 0.929. The summed E-state index contributed by atoms with van der Waals surface area (Å²) in [6.45, 7) is 2.98. The van der Waals surface area contributed by atoms with Crippen LogP contribution in [-0.2, 0) is 4.79 Å². The number of aliphatic hydroxyl groups is 1. The monoisotopic (exact) mass is 252 g/mol. The zero-order valence-corrected chi connectivity index (χ0v) is 11.2. The quantitative estimate of drug-likeness (QED) is 0.773. The number of aliphatic hydroxyl groups excluding tert-OH is 1. The highest BCUT2D eigenvalue weighted by Crippen LogP contribution is 2.59. The molecule has 102 valence electrons. The Morgan fingerprint density at radius 2 is 2.06 bits per heavy atom. The molecular formula is C14H24N2O2. The Balaban J connectivity index is 1.49. The lowest BCUT2D eigenvalue weighted by molar-refractivity contribution is -0.134. The van der Waals surface area contributed by atoms with Gasteiger partial charge in [0.2, 0.25) is 5.91 Å². The number of nitrogens with one attached hydrogen (secondary N) is 1. The van der Waals surface area contributed by atoms with Crippen LogP contribution >= 0.6 is 0 Å². The minimum absolute atomic E-state index is 0.116. The lowest BCUT2D eigenvalue weighted by atomic mass is 9.82. The van der Waals surface area contributed by atoms with Gasteiger partial charge in [-0.05, 0) is 56.5 Å². The van der Waals surface area contributed by atoms with E-state index in [0.29, 0.717) is 17.2 Å². The normalized spacial score (nSPS) is 37.1. The molecule has 0 aromatic carbocycles. The van der Waals surface area contributed by atoms with Crippen molar-refractivity contribution in [3.63, 3.8) is 0 Å². The summed E-state index contributed by atoms with van der Waals surface area (Å²) in [7, 11) is 1.93. The summed E-state index contributed by atoms with van der Waals surface area (Å²) in [6.07, 6.45) is 5.06. The van der Waals surface area contributed by atoms with Crippen molar-refractivity contribution in [2.45, 2.75) is 38.2 Å². The highest BCUT2D eigenvalue weighted by Gasteiger charge is 2.58. The van der Waals surface area contributed by atoms with Crippen LogP contribution in [-0.4, -0.2) is 48.7 Å². The number of hydrogen-bond acceptors (Lipinski definition) is 3. The molecule has 0 bridgehead atoms. The van der Waals surface area contributed by atoms with Crippen LogP contribution < -0.4 is 5.32 Å². The summed E-state index contributed by atoms with van der Waals surface area (Å²) in [5.74, 6) is 1.16. The van der Waals surface area contributed by atoms with Crippen molar-refractivity contribution < 1.29 is 9.90 Å². The number of hydrogen-bond donors (Lipinski definition) is 2. The lowest BCUT2D eigenvalue weighted by Gasteiger charge is -2.35. The van der Waals surface area contributed by atoms with Crippen LogP contribution in [0.15, 0.2) is 0 Å². The molecule has 1 atom stereocenters. The van der Waals surface area contributed by atoms with Gasteiger partial charge in [0, 0.05) is 19.5 Å². The Morgan fingerprint density at radius 3 is 2.67 bits per heavy atom. The van der Waals surface area contributed by atoms with Gasteiger partial charge in [0.1, 0.15) is 0 Å². The largest absolute Gasteiger partial charge is 0.393 e. The third kappa shape index (κ3) is 2.16. The van der Waals surface area contributed by atoms with E-state index in [1.807, 2.05) is 11.9 Å². The number of amides is 1. The molecule has 3 fully saturated rings. The van der Waals surface area contributed by atoms with Gasteiger partial charge in [-0.15, -0.1) is 0 Å². The van der Waals surface area contributed by atoms with Gasteiger partial charge in [-0.2, -0.15) is 0 Å². The molecule has 1 spiro atoms. The van der Waals surface area contributed by atoms with E-state index in [4.69, 9.17) is 0 Å². The van der Waals surface area contributed by atoms with Crippen LogP contribution in [0.3, 0.4) is 0 Å². The van der Waals surface area contributed by atoms with Gasteiger partial charge in [-0.1, -0.05) is 0 Å². The first-order valence-electron chi connectivity index (χ1n) is 7.24. The molecule has 0 aromatic heterocycles. The number of nitrogens with zero attached hydrogens (tertiary/aromatic N) is 1. The van der Waals surface area contributed by atoms with Gasteiger partial charge in [0.25, 0.3) is 0 Å². The first-order valence-corrected chi connectivity index (χ1v) is 7.24. The van der Waals surface area contributed by atoms with E-state index < -0.39 is 0 Å². The van der Waals surface area contributed by atoms with Crippen LogP contribution in [0.2, 0.25) is 0 Å². The Hall–Kier alpha value is -0.610. The van der Waals surface area contributed by atoms with Crippen LogP contribution in [0.25, 0.3) is 0 Å². The summed E-state index contributed by atoms with van der Waals surface area (Å²) in [5.41, 5.74) is 0.343. The second kappa shape index (κ2) is 4.49. The second-order valence-electron chi connectivity index (χ2n) is 6.58. The van der Waals surface area contributed by atoms with Crippen molar-refractivity contribution in [1.82, 2.24) is 10.2 Å². The minimum atomic E-state index is -0.116. The van der Waals surface area contributed by atoms with Crippen LogP contribution in [0.4, 0.5) is 0 Å². The molecule has 0 aromatic rings. The molecular weight excluding hydrogens is 228 g/mol. The van der Waals surface area contributed by atoms with E-state index >= 15 is 0 Å². The summed E-state index contributed by atoms with van der Waals surface area (Å²) < 4.78 is 0. The summed E-state index contributed by atoms with van der Waals surface area (Å²) in [4.78, 5) is 14.3. The summed E-state index contributed by atoms with van der Waals surface area (Å²) in [5, 5.41) is 12.7. The molecule has 4 nitrogen and oxygen atoms in total. The minimum Gasteiger partial charge on any atom is -0.393 e. The zero-order chi connectivity index (χ0) is 12.8. The SMILES string of the molecule is CN(CC1CC(O)C1)C(=O)C1CC12CCNCC2. The molecule has 2 N–H and O–H groups in total. The molecule has 1 saturated heterocycles. The van der Waals surface area contributed by atoms with E-state index in [-0.39, 0.29) is 12.0 Å². The van der Waals surface area contributed by atoms with Crippen molar-refractivity contribution in [3.8, 4) is 0 Å². The highest BCUT2D eigenvalue weighted by atomic mass is 16.3. The van der Waals surface area contributed by atoms with Crippen LogP contribution in [0.5, 0.6) is 0 Å². The van der Waals surface area contributed by atoms with E-state index in [1.54, 1.807) is 0 Å². The van der Waals surface area contributed by atoms with Gasteiger partial charge in [-0.3, -0.25) is 4.79 Å². The molecule has 1 unspecified atom stereocenters. The Morgan fingerprint density at radius 1 is 1.39 bits per heavy atom. The maximum atomic E-state index is 12.4. The van der Waals surface area contributed by atoms with Crippen molar-refractivity contribution >= 4 is 5.91 Å². The number of piperidine rings is 1. The average molecular weight is 252 g/mol. The standard InChI is InChI=1S/C14H24N2O2/c1-16(9-10-6-11(17)7-10)13(18)12-8-14(12)2-4-15-5-3-14/h10-12,15,17H,2-9H2,1H3. The Kier molecular flexibility index (Phi) is 3.10. The highest BCUT2D eigenvalue weighted by molar-refractivity contribution is 5.82. The van der Waals surface area contributed by atoms with Gasteiger partial charge < -0.3 is 15.3 Å².